The Balaban J connectivity index is 1.72. The molecule has 1 aromatic rings. The van der Waals surface area contributed by atoms with Gasteiger partial charge in [-0.25, -0.2) is 4.68 Å². The van der Waals surface area contributed by atoms with Crippen molar-refractivity contribution >= 4 is 5.91 Å². The van der Waals surface area contributed by atoms with Crippen molar-refractivity contribution in [3.8, 4) is 0 Å². The second-order valence-electron chi connectivity index (χ2n) is 6.47. The van der Waals surface area contributed by atoms with E-state index in [0.717, 1.165) is 51.7 Å². The second kappa shape index (κ2) is 7.22. The first kappa shape index (κ1) is 15.5. The van der Waals surface area contributed by atoms with Gasteiger partial charge in [-0.15, -0.1) is 5.10 Å². The fourth-order valence-corrected chi connectivity index (χ4v) is 3.64. The summed E-state index contributed by atoms with van der Waals surface area (Å²) in [6, 6.07) is 0.737. The molecule has 6 heteroatoms. The molecule has 1 N–H and O–H groups in total. The molecule has 0 bridgehead atoms. The number of nitrogens with one attached hydrogen (secondary N) is 1. The predicted octanol–water partition coefficient (Wildman–Crippen LogP) is 2.00. The molecule has 22 heavy (non-hydrogen) atoms. The van der Waals surface area contributed by atoms with E-state index in [4.69, 9.17) is 0 Å². The Kier molecular flexibility index (Phi) is 5.08. The van der Waals surface area contributed by atoms with Crippen LogP contribution in [0.1, 0.15) is 68.4 Å². The lowest BCUT2D eigenvalue weighted by atomic mass is 10.1. The molecular weight excluding hydrogens is 278 g/mol. The van der Waals surface area contributed by atoms with Gasteiger partial charge in [-0.2, -0.15) is 0 Å². The van der Waals surface area contributed by atoms with Crippen molar-refractivity contribution in [2.75, 3.05) is 19.6 Å². The minimum absolute atomic E-state index is 0.0638. The van der Waals surface area contributed by atoms with Gasteiger partial charge in [0.1, 0.15) is 0 Å². The number of carbonyl (C=O) groups excluding carboxylic acids is 1. The summed E-state index contributed by atoms with van der Waals surface area (Å²) in [5, 5.41) is 11.7. The summed E-state index contributed by atoms with van der Waals surface area (Å²) in [6.45, 7) is 5.05. The fraction of sp³-hybridized carbons (Fsp3) is 0.812. The predicted molar refractivity (Wildman–Crippen MR) is 84.7 cm³/mol. The van der Waals surface area contributed by atoms with Crippen LogP contribution in [-0.4, -0.2) is 51.5 Å². The van der Waals surface area contributed by atoms with E-state index >= 15 is 0 Å². The number of aromatic nitrogens is 3. The molecule has 0 radical (unpaired) electrons. The Hall–Kier alpha value is -1.43. The minimum Gasteiger partial charge on any atom is -0.334 e. The molecule has 1 amide bonds. The zero-order valence-electron chi connectivity index (χ0n) is 13.5. The molecule has 2 aliphatic heterocycles. The average Bonchev–Trinajstić information content (AvgIpc) is 2.94. The first-order chi connectivity index (χ1) is 10.8. The van der Waals surface area contributed by atoms with Gasteiger partial charge in [0.15, 0.2) is 5.69 Å². The summed E-state index contributed by atoms with van der Waals surface area (Å²) < 4.78 is 1.90. The summed E-state index contributed by atoms with van der Waals surface area (Å²) in [4.78, 5) is 14.8. The topological polar surface area (TPSA) is 63.1 Å². The smallest absolute Gasteiger partial charge is 0.276 e. The van der Waals surface area contributed by atoms with Crippen LogP contribution in [0, 0.1) is 0 Å². The summed E-state index contributed by atoms with van der Waals surface area (Å²) in [5.41, 5.74) is 0.513. The zero-order chi connectivity index (χ0) is 15.4. The highest BCUT2D eigenvalue weighted by Gasteiger charge is 2.27. The third kappa shape index (κ3) is 3.32. The van der Waals surface area contributed by atoms with Gasteiger partial charge in [0.05, 0.1) is 12.2 Å². The van der Waals surface area contributed by atoms with Crippen LogP contribution in [0.25, 0.3) is 0 Å². The first-order valence-electron chi connectivity index (χ1n) is 8.73. The maximum atomic E-state index is 12.8. The standard InChI is InChI=1S/C16H27N5O/c1-2-13-6-4-3-5-11-20(13)16(22)15-12-21(19-18-15)14-7-9-17-10-8-14/h12-14,17H,2-11H2,1H3. The summed E-state index contributed by atoms with van der Waals surface area (Å²) in [7, 11) is 0. The van der Waals surface area contributed by atoms with E-state index in [9.17, 15) is 4.79 Å². The van der Waals surface area contributed by atoms with Crippen LogP contribution < -0.4 is 5.32 Å². The maximum Gasteiger partial charge on any atom is 0.276 e. The van der Waals surface area contributed by atoms with Crippen molar-refractivity contribution in [1.82, 2.24) is 25.2 Å². The van der Waals surface area contributed by atoms with Crippen LogP contribution in [-0.2, 0) is 0 Å². The summed E-state index contributed by atoms with van der Waals surface area (Å²) in [5.74, 6) is 0.0638. The highest BCUT2D eigenvalue weighted by Crippen LogP contribution is 2.22. The summed E-state index contributed by atoms with van der Waals surface area (Å²) in [6.07, 6.45) is 9.65. The number of hydrogen-bond acceptors (Lipinski definition) is 4. The van der Waals surface area contributed by atoms with Crippen LogP contribution >= 0.6 is 0 Å². The first-order valence-corrected chi connectivity index (χ1v) is 8.73. The molecule has 0 aromatic carbocycles. The van der Waals surface area contributed by atoms with E-state index in [1.807, 2.05) is 15.8 Å². The third-order valence-electron chi connectivity index (χ3n) is 5.02. The monoisotopic (exact) mass is 305 g/mol. The molecule has 2 aliphatic rings. The Labute approximate surface area is 132 Å². The van der Waals surface area contributed by atoms with E-state index in [2.05, 4.69) is 22.6 Å². The van der Waals surface area contributed by atoms with Crippen molar-refractivity contribution in [2.24, 2.45) is 0 Å². The van der Waals surface area contributed by atoms with Crippen LogP contribution in [0.2, 0.25) is 0 Å². The molecule has 2 saturated heterocycles. The van der Waals surface area contributed by atoms with Gasteiger partial charge in [0.2, 0.25) is 0 Å². The molecule has 122 valence electrons. The molecule has 0 aliphatic carbocycles. The van der Waals surface area contributed by atoms with Crippen LogP contribution in [0.3, 0.4) is 0 Å². The van der Waals surface area contributed by atoms with Crippen LogP contribution in [0.15, 0.2) is 6.20 Å². The van der Waals surface area contributed by atoms with Crippen LogP contribution in [0.5, 0.6) is 0 Å². The number of piperidine rings is 1. The van der Waals surface area contributed by atoms with Gasteiger partial charge < -0.3 is 10.2 Å². The van der Waals surface area contributed by atoms with E-state index in [1.165, 1.54) is 12.8 Å². The van der Waals surface area contributed by atoms with Crippen molar-refractivity contribution in [1.29, 1.82) is 0 Å². The minimum atomic E-state index is 0.0638. The largest absolute Gasteiger partial charge is 0.334 e. The number of rotatable bonds is 3. The number of hydrogen-bond donors (Lipinski definition) is 1. The van der Waals surface area contributed by atoms with Crippen molar-refractivity contribution in [3.63, 3.8) is 0 Å². The molecule has 3 heterocycles. The van der Waals surface area contributed by atoms with Crippen molar-refractivity contribution < 1.29 is 4.79 Å². The highest BCUT2D eigenvalue weighted by atomic mass is 16.2. The van der Waals surface area contributed by atoms with Gasteiger partial charge in [0, 0.05) is 12.6 Å². The Morgan fingerprint density at radius 2 is 2.09 bits per heavy atom. The lowest BCUT2D eigenvalue weighted by molar-refractivity contribution is 0.0672. The number of carbonyl (C=O) groups is 1. The van der Waals surface area contributed by atoms with E-state index in [-0.39, 0.29) is 5.91 Å². The van der Waals surface area contributed by atoms with Gasteiger partial charge in [-0.05, 0) is 45.2 Å². The lowest BCUT2D eigenvalue weighted by Gasteiger charge is -2.28. The Bertz CT molecular complexity index is 494. The molecule has 3 rings (SSSR count). The SMILES string of the molecule is CCC1CCCCCN1C(=O)c1cn(C2CCNCC2)nn1. The van der Waals surface area contributed by atoms with Crippen molar-refractivity contribution in [2.45, 2.75) is 64.0 Å². The van der Waals surface area contributed by atoms with Gasteiger partial charge in [0.25, 0.3) is 5.91 Å². The molecule has 2 fully saturated rings. The lowest BCUT2D eigenvalue weighted by Crippen LogP contribution is -2.39. The molecule has 1 unspecified atom stereocenters. The highest BCUT2D eigenvalue weighted by molar-refractivity contribution is 5.92. The number of amides is 1. The fourth-order valence-electron chi connectivity index (χ4n) is 3.64. The molecule has 6 nitrogen and oxygen atoms in total. The molecule has 1 aromatic heterocycles. The zero-order valence-corrected chi connectivity index (χ0v) is 13.5. The van der Waals surface area contributed by atoms with Gasteiger partial charge >= 0.3 is 0 Å². The molecular formula is C16H27N5O. The Morgan fingerprint density at radius 3 is 2.86 bits per heavy atom. The van der Waals surface area contributed by atoms with E-state index in [1.54, 1.807) is 0 Å². The van der Waals surface area contributed by atoms with Crippen molar-refractivity contribution in [3.05, 3.63) is 11.9 Å². The molecule has 0 saturated carbocycles. The normalized spacial score (nSPS) is 24.2. The number of nitrogens with zero attached hydrogens (tertiary/aromatic N) is 4. The molecule has 0 spiro atoms. The quantitative estimate of drug-likeness (QED) is 0.928. The Morgan fingerprint density at radius 1 is 1.27 bits per heavy atom. The van der Waals surface area contributed by atoms with Gasteiger partial charge in [-0.3, -0.25) is 4.79 Å². The van der Waals surface area contributed by atoms with E-state index in [0.29, 0.717) is 17.8 Å². The summed E-state index contributed by atoms with van der Waals surface area (Å²) >= 11 is 0. The van der Waals surface area contributed by atoms with Crippen LogP contribution in [0.4, 0.5) is 0 Å². The molecule has 1 atom stereocenters. The third-order valence-corrected chi connectivity index (χ3v) is 5.02. The van der Waals surface area contributed by atoms with E-state index < -0.39 is 0 Å². The van der Waals surface area contributed by atoms with Gasteiger partial charge in [-0.1, -0.05) is 25.0 Å². The number of likely N-dealkylation sites (tertiary alicyclic amines) is 1. The average molecular weight is 305 g/mol. The maximum absolute atomic E-state index is 12.8. The second-order valence-corrected chi connectivity index (χ2v) is 6.47.